The van der Waals surface area contributed by atoms with E-state index in [1.165, 1.54) is 29.5 Å². The summed E-state index contributed by atoms with van der Waals surface area (Å²) in [4.78, 5) is 23.5. The molecule has 1 N–H and O–H groups in total. The lowest BCUT2D eigenvalue weighted by molar-refractivity contribution is -0.383. The van der Waals surface area contributed by atoms with Crippen LogP contribution >= 0.6 is 22.9 Å². The van der Waals surface area contributed by atoms with Gasteiger partial charge in [-0.1, -0.05) is 17.7 Å². The number of carbonyl (C=O) groups excluding carboxylic acids is 1. The molecule has 9 heteroatoms. The predicted molar refractivity (Wildman–Crippen MR) is 112 cm³/mol. The van der Waals surface area contributed by atoms with Crippen LogP contribution < -0.4 is 14.8 Å². The van der Waals surface area contributed by atoms with Crippen LogP contribution in [0.2, 0.25) is 5.02 Å². The number of nitro benzene ring substituents is 1. The van der Waals surface area contributed by atoms with Crippen molar-refractivity contribution < 1.29 is 19.2 Å². The van der Waals surface area contributed by atoms with Crippen molar-refractivity contribution in [3.63, 3.8) is 0 Å². The summed E-state index contributed by atoms with van der Waals surface area (Å²) in [6, 6.07) is 11.4. The average Bonchev–Trinajstić information content (AvgIpc) is 3.17. The van der Waals surface area contributed by atoms with Gasteiger partial charge in [0, 0.05) is 16.7 Å². The molecule has 0 radical (unpaired) electrons. The third-order valence-electron chi connectivity index (χ3n) is 4.00. The van der Waals surface area contributed by atoms with Gasteiger partial charge in [0.1, 0.15) is 12.3 Å². The summed E-state index contributed by atoms with van der Waals surface area (Å²) in [7, 11) is 1.57. The van der Waals surface area contributed by atoms with Crippen molar-refractivity contribution >= 4 is 40.2 Å². The molecule has 0 aliphatic rings. The molecule has 7 nitrogen and oxygen atoms in total. The molecule has 0 spiro atoms. The highest BCUT2D eigenvalue weighted by atomic mass is 35.5. The van der Waals surface area contributed by atoms with E-state index in [2.05, 4.69) is 5.32 Å². The number of hydrogen-bond acceptors (Lipinski definition) is 6. The van der Waals surface area contributed by atoms with Gasteiger partial charge in [0.25, 0.3) is 11.6 Å². The first kappa shape index (κ1) is 20.6. The van der Waals surface area contributed by atoms with Gasteiger partial charge >= 0.3 is 0 Å². The number of nitrogens with one attached hydrogen (secondary N) is 1. The first-order valence-corrected chi connectivity index (χ1v) is 9.73. The molecule has 1 amide bonds. The lowest BCUT2D eigenvalue weighted by Crippen LogP contribution is -2.11. The summed E-state index contributed by atoms with van der Waals surface area (Å²) < 4.78 is 11.1. The second kappa shape index (κ2) is 8.93. The predicted octanol–water partition coefficient (Wildman–Crippen LogP) is 5.46. The Balaban J connectivity index is 1.69. The van der Waals surface area contributed by atoms with Crippen LogP contribution in [-0.2, 0) is 6.61 Å². The Hall–Kier alpha value is -3.10. The second-order valence-corrected chi connectivity index (χ2v) is 7.48. The van der Waals surface area contributed by atoms with Crippen molar-refractivity contribution in [3.05, 3.63) is 79.0 Å². The summed E-state index contributed by atoms with van der Waals surface area (Å²) in [5.41, 5.74) is 1.67. The van der Waals surface area contributed by atoms with Crippen molar-refractivity contribution in [2.24, 2.45) is 0 Å². The van der Waals surface area contributed by atoms with E-state index in [0.717, 1.165) is 11.1 Å². The smallest absolute Gasteiger partial charge is 0.294 e. The monoisotopic (exact) mass is 432 g/mol. The largest absolute Gasteiger partial charge is 0.493 e. The Labute approximate surface area is 176 Å². The molecule has 0 bridgehead atoms. The van der Waals surface area contributed by atoms with E-state index in [9.17, 15) is 14.9 Å². The number of halogens is 1. The molecule has 3 rings (SSSR count). The van der Waals surface area contributed by atoms with Gasteiger partial charge in [-0.15, -0.1) is 11.3 Å². The SMILES string of the molecule is COc1cc(C)ccc1OCc1csc(C(=O)Nc2ccc(Cl)cc2[N+](=O)[O-])c1. The Morgan fingerprint density at radius 1 is 1.21 bits per heavy atom. The first-order chi connectivity index (χ1) is 13.9. The van der Waals surface area contributed by atoms with Crippen LogP contribution in [0.1, 0.15) is 20.8 Å². The molecule has 3 aromatic rings. The van der Waals surface area contributed by atoms with Gasteiger partial charge in [0.15, 0.2) is 11.5 Å². The summed E-state index contributed by atoms with van der Waals surface area (Å²) in [5, 5.41) is 15.7. The van der Waals surface area contributed by atoms with Crippen molar-refractivity contribution in [1.82, 2.24) is 0 Å². The molecule has 29 heavy (non-hydrogen) atoms. The zero-order chi connectivity index (χ0) is 21.0. The van der Waals surface area contributed by atoms with Crippen LogP contribution in [0.4, 0.5) is 11.4 Å². The lowest BCUT2D eigenvalue weighted by Gasteiger charge is -2.10. The summed E-state index contributed by atoms with van der Waals surface area (Å²) in [6.07, 6.45) is 0. The van der Waals surface area contributed by atoms with Gasteiger partial charge in [-0.3, -0.25) is 14.9 Å². The number of anilines is 1. The topological polar surface area (TPSA) is 90.7 Å². The molecule has 0 saturated heterocycles. The van der Waals surface area contributed by atoms with Gasteiger partial charge in [-0.05, 0) is 48.2 Å². The molecule has 0 saturated carbocycles. The zero-order valence-corrected chi connectivity index (χ0v) is 17.2. The minimum atomic E-state index is -0.593. The molecular formula is C20H17ClN2O5S. The van der Waals surface area contributed by atoms with Crippen LogP contribution in [0.3, 0.4) is 0 Å². The summed E-state index contributed by atoms with van der Waals surface area (Å²) in [5.74, 6) is 0.792. The van der Waals surface area contributed by atoms with Crippen LogP contribution in [0.5, 0.6) is 11.5 Å². The quantitative estimate of drug-likeness (QED) is 0.395. The van der Waals surface area contributed by atoms with Crippen molar-refractivity contribution in [2.45, 2.75) is 13.5 Å². The van der Waals surface area contributed by atoms with Gasteiger partial charge in [-0.25, -0.2) is 0 Å². The normalized spacial score (nSPS) is 10.4. The number of ether oxygens (including phenoxy) is 2. The fourth-order valence-electron chi connectivity index (χ4n) is 2.57. The summed E-state index contributed by atoms with van der Waals surface area (Å²) >= 11 is 7.02. The molecular weight excluding hydrogens is 416 g/mol. The number of carbonyl (C=O) groups is 1. The minimum Gasteiger partial charge on any atom is -0.493 e. The van der Waals surface area contributed by atoms with Crippen LogP contribution in [0.15, 0.2) is 47.8 Å². The van der Waals surface area contributed by atoms with E-state index >= 15 is 0 Å². The van der Waals surface area contributed by atoms with Crippen molar-refractivity contribution in [2.75, 3.05) is 12.4 Å². The molecule has 0 aliphatic heterocycles. The molecule has 2 aromatic carbocycles. The number of hydrogen-bond donors (Lipinski definition) is 1. The number of amides is 1. The summed E-state index contributed by atoms with van der Waals surface area (Å²) in [6.45, 7) is 2.21. The number of benzene rings is 2. The van der Waals surface area contributed by atoms with E-state index in [0.29, 0.717) is 16.4 Å². The molecule has 0 fully saturated rings. The fourth-order valence-corrected chi connectivity index (χ4v) is 3.53. The fraction of sp³-hybridized carbons (Fsp3) is 0.150. The third-order valence-corrected chi connectivity index (χ3v) is 5.21. The molecule has 0 atom stereocenters. The second-order valence-electron chi connectivity index (χ2n) is 6.13. The number of thiophene rings is 1. The van der Waals surface area contributed by atoms with Crippen molar-refractivity contribution in [3.8, 4) is 11.5 Å². The van der Waals surface area contributed by atoms with Crippen molar-refractivity contribution in [1.29, 1.82) is 0 Å². The van der Waals surface area contributed by atoms with E-state index in [4.69, 9.17) is 21.1 Å². The molecule has 1 aromatic heterocycles. The van der Waals surface area contributed by atoms with E-state index in [1.54, 1.807) is 18.6 Å². The highest BCUT2D eigenvalue weighted by Crippen LogP contribution is 2.30. The van der Waals surface area contributed by atoms with Gasteiger partial charge in [-0.2, -0.15) is 0 Å². The molecule has 1 heterocycles. The highest BCUT2D eigenvalue weighted by Gasteiger charge is 2.18. The lowest BCUT2D eigenvalue weighted by atomic mass is 10.2. The van der Waals surface area contributed by atoms with E-state index in [-0.39, 0.29) is 23.0 Å². The Kier molecular flexibility index (Phi) is 6.36. The number of methoxy groups -OCH3 is 1. The Morgan fingerprint density at radius 3 is 2.72 bits per heavy atom. The molecule has 0 aliphatic carbocycles. The minimum absolute atomic E-state index is 0.0833. The van der Waals surface area contributed by atoms with Gasteiger partial charge < -0.3 is 14.8 Å². The van der Waals surface area contributed by atoms with Gasteiger partial charge in [0.05, 0.1) is 16.9 Å². The third kappa shape index (κ3) is 5.04. The standard InChI is InChI=1S/C20H17ClN2O5S/c1-12-3-6-17(18(7-12)27-2)28-10-13-8-19(29-11-13)20(24)22-15-5-4-14(21)9-16(15)23(25)26/h3-9,11H,10H2,1-2H3,(H,22,24). The van der Waals surface area contributed by atoms with Crippen LogP contribution in [-0.4, -0.2) is 17.9 Å². The van der Waals surface area contributed by atoms with E-state index in [1.807, 2.05) is 25.1 Å². The number of nitrogens with zero attached hydrogens (tertiary/aromatic N) is 1. The maximum atomic E-state index is 12.5. The maximum absolute atomic E-state index is 12.5. The van der Waals surface area contributed by atoms with E-state index < -0.39 is 10.8 Å². The van der Waals surface area contributed by atoms with Crippen LogP contribution in [0, 0.1) is 17.0 Å². The molecule has 0 unspecified atom stereocenters. The highest BCUT2D eigenvalue weighted by molar-refractivity contribution is 7.12. The van der Waals surface area contributed by atoms with Crippen LogP contribution in [0.25, 0.3) is 0 Å². The number of rotatable bonds is 7. The maximum Gasteiger partial charge on any atom is 0.294 e. The first-order valence-electron chi connectivity index (χ1n) is 8.47. The molecule has 150 valence electrons. The number of nitro groups is 1. The number of aryl methyl sites for hydroxylation is 1. The van der Waals surface area contributed by atoms with Gasteiger partial charge in [0.2, 0.25) is 0 Å². The average molecular weight is 433 g/mol. The zero-order valence-electron chi connectivity index (χ0n) is 15.6. The Bertz CT molecular complexity index is 1070. The Morgan fingerprint density at radius 2 is 2.00 bits per heavy atom.